The van der Waals surface area contributed by atoms with E-state index in [1.165, 1.54) is 19.9 Å². The molecule has 1 fully saturated rings. The minimum absolute atomic E-state index is 0.0293. The number of ketones is 1. The van der Waals surface area contributed by atoms with Gasteiger partial charge in [0.25, 0.3) is 0 Å². The summed E-state index contributed by atoms with van der Waals surface area (Å²) in [6.07, 6.45) is 1.92. The van der Waals surface area contributed by atoms with E-state index in [1.807, 2.05) is 0 Å². The number of esters is 1. The van der Waals surface area contributed by atoms with E-state index in [0.717, 1.165) is 0 Å². The lowest BCUT2D eigenvalue weighted by Gasteiger charge is -2.45. The van der Waals surface area contributed by atoms with Crippen molar-refractivity contribution in [2.45, 2.75) is 65.2 Å². The number of Topliss-reactive ketones (excluding diaryl/α,β-unsaturated/α-hetero) is 1. The molecule has 1 aliphatic heterocycles. The highest BCUT2D eigenvalue weighted by Gasteiger charge is 2.57. The normalized spacial score (nSPS) is 22.7. The molecule has 0 radical (unpaired) electrons. The van der Waals surface area contributed by atoms with Crippen LogP contribution in [-0.4, -0.2) is 45.2 Å². The molecule has 0 bridgehead atoms. The van der Waals surface area contributed by atoms with Crippen LogP contribution in [-0.2, 0) is 23.5 Å². The molecule has 1 N–H and O–H groups in total. The van der Waals surface area contributed by atoms with E-state index < -0.39 is 31.7 Å². The first-order valence-electron chi connectivity index (χ1n) is 9.02. The fraction of sp³-hybridized carbons (Fsp3) is 0.737. The number of nitrogens with one attached hydrogen (secondary N) is 1. The summed E-state index contributed by atoms with van der Waals surface area (Å²) in [5.41, 5.74) is -1.40. The third kappa shape index (κ3) is 4.43. The lowest BCUT2D eigenvalue weighted by Crippen LogP contribution is -2.69. The zero-order chi connectivity index (χ0) is 20.3. The molecule has 0 saturated carbocycles. The smallest absolute Gasteiger partial charge is 0.321 e. The van der Waals surface area contributed by atoms with Gasteiger partial charge in [-0.1, -0.05) is 33.4 Å². The number of hydrogen-bond donors (Lipinski definition) is 1. The summed E-state index contributed by atoms with van der Waals surface area (Å²) in [4.78, 5) is 36.7. The third-order valence-electron chi connectivity index (χ3n) is 5.84. The van der Waals surface area contributed by atoms with Crippen LogP contribution in [0.3, 0.4) is 0 Å². The Morgan fingerprint density at radius 1 is 1.27 bits per heavy atom. The summed E-state index contributed by atoms with van der Waals surface area (Å²) < 4.78 is 11.2. The van der Waals surface area contributed by atoms with Crippen molar-refractivity contribution in [2.75, 3.05) is 13.2 Å². The maximum atomic E-state index is 12.4. The Labute approximate surface area is 157 Å². The molecule has 7 heteroatoms. The second kappa shape index (κ2) is 8.04. The first-order chi connectivity index (χ1) is 11.8. The van der Waals surface area contributed by atoms with Gasteiger partial charge < -0.3 is 14.5 Å². The average Bonchev–Trinajstić information content (AvgIpc) is 2.52. The molecule has 3 atom stereocenters. The van der Waals surface area contributed by atoms with Gasteiger partial charge >= 0.3 is 5.97 Å². The van der Waals surface area contributed by atoms with Gasteiger partial charge in [-0.25, -0.2) is 0 Å². The lowest BCUT2D eigenvalue weighted by atomic mass is 9.68. The van der Waals surface area contributed by atoms with Gasteiger partial charge in [-0.15, -0.1) is 0 Å². The molecule has 26 heavy (non-hydrogen) atoms. The van der Waals surface area contributed by atoms with Crippen LogP contribution >= 0.6 is 0 Å². The molecule has 1 unspecified atom stereocenters. The maximum absolute atomic E-state index is 12.4. The van der Waals surface area contributed by atoms with E-state index in [-0.39, 0.29) is 23.3 Å². The van der Waals surface area contributed by atoms with E-state index in [9.17, 15) is 14.4 Å². The summed E-state index contributed by atoms with van der Waals surface area (Å²) in [6.45, 7) is 17.6. The molecule has 0 spiro atoms. The van der Waals surface area contributed by atoms with E-state index in [4.69, 9.17) is 9.16 Å². The summed E-state index contributed by atoms with van der Waals surface area (Å²) in [5.74, 6) is -1.56. The molecule has 1 heterocycles. The van der Waals surface area contributed by atoms with Crippen LogP contribution in [0.1, 0.15) is 41.0 Å². The van der Waals surface area contributed by atoms with Gasteiger partial charge in [-0.2, -0.15) is 0 Å². The average molecular weight is 384 g/mol. The van der Waals surface area contributed by atoms with Crippen LogP contribution in [0.15, 0.2) is 12.7 Å². The molecule has 6 nitrogen and oxygen atoms in total. The molecular weight excluding hydrogens is 350 g/mol. The van der Waals surface area contributed by atoms with Crippen LogP contribution in [0.5, 0.6) is 0 Å². The summed E-state index contributed by atoms with van der Waals surface area (Å²) >= 11 is 0. The predicted molar refractivity (Wildman–Crippen MR) is 103 cm³/mol. The zero-order valence-corrected chi connectivity index (χ0v) is 18.1. The topological polar surface area (TPSA) is 81.7 Å². The number of hydrogen-bond acceptors (Lipinski definition) is 5. The van der Waals surface area contributed by atoms with Crippen LogP contribution in [0.2, 0.25) is 18.1 Å². The predicted octanol–water partition coefficient (Wildman–Crippen LogP) is 2.84. The van der Waals surface area contributed by atoms with E-state index in [0.29, 0.717) is 13.0 Å². The van der Waals surface area contributed by atoms with Crippen molar-refractivity contribution in [1.29, 1.82) is 0 Å². The van der Waals surface area contributed by atoms with Gasteiger partial charge in [0.1, 0.15) is 17.8 Å². The Hall–Kier alpha value is -1.47. The van der Waals surface area contributed by atoms with E-state index in [1.54, 1.807) is 0 Å². The number of rotatable bonds is 9. The highest BCUT2D eigenvalue weighted by Crippen LogP contribution is 2.39. The molecule has 1 amide bonds. The van der Waals surface area contributed by atoms with Crippen LogP contribution in [0.4, 0.5) is 0 Å². The monoisotopic (exact) mass is 383 g/mol. The first-order valence-corrected chi connectivity index (χ1v) is 11.9. The summed E-state index contributed by atoms with van der Waals surface area (Å²) in [7, 11) is -1.91. The standard InChI is InChI=1S/C19H33NO5Si/c1-9-11-24-17(23)19(6,13(2)21)15-14(16(22)20-15)10-12-25-26(7,8)18(3,4)5/h9,14-15H,1,10-12H2,2-8H3,(H,20,22)/t14-,15-,19?/m0/s1. The molecule has 1 rings (SSSR count). The Balaban J connectivity index is 2.83. The quantitative estimate of drug-likeness (QED) is 0.218. The Morgan fingerprint density at radius 3 is 2.27 bits per heavy atom. The highest BCUT2D eigenvalue weighted by atomic mass is 28.4. The molecule has 1 aliphatic rings. The van der Waals surface area contributed by atoms with Gasteiger partial charge in [-0.3, -0.25) is 14.4 Å². The third-order valence-corrected chi connectivity index (χ3v) is 10.4. The van der Waals surface area contributed by atoms with Crippen molar-refractivity contribution < 1.29 is 23.5 Å². The van der Waals surface area contributed by atoms with Gasteiger partial charge in [0, 0.05) is 6.61 Å². The lowest BCUT2D eigenvalue weighted by molar-refractivity contribution is -0.166. The van der Waals surface area contributed by atoms with Crippen LogP contribution in [0.25, 0.3) is 0 Å². The Morgan fingerprint density at radius 2 is 1.85 bits per heavy atom. The van der Waals surface area contributed by atoms with Crippen molar-refractivity contribution >= 4 is 26.0 Å². The van der Waals surface area contributed by atoms with E-state index in [2.05, 4.69) is 45.8 Å². The number of amides is 1. The summed E-state index contributed by atoms with van der Waals surface area (Å²) in [5, 5.41) is 2.80. The van der Waals surface area contributed by atoms with Crippen LogP contribution in [0, 0.1) is 11.3 Å². The SMILES string of the molecule is C=CCOC(=O)C(C)(C(C)=O)[C@H]1NC(=O)[C@H]1CCO[Si](C)(C)C(C)(C)C. The van der Waals surface area contributed by atoms with Crippen molar-refractivity contribution in [3.05, 3.63) is 12.7 Å². The molecule has 0 aromatic rings. The van der Waals surface area contributed by atoms with Crippen molar-refractivity contribution in [3.8, 4) is 0 Å². The fourth-order valence-corrected chi connectivity index (χ4v) is 3.75. The van der Waals surface area contributed by atoms with Gasteiger partial charge in [0.15, 0.2) is 8.32 Å². The number of ether oxygens (including phenoxy) is 1. The molecule has 148 valence electrons. The largest absolute Gasteiger partial charge is 0.461 e. The molecule has 0 aromatic carbocycles. The van der Waals surface area contributed by atoms with E-state index >= 15 is 0 Å². The van der Waals surface area contributed by atoms with Crippen molar-refractivity contribution in [2.24, 2.45) is 11.3 Å². The summed E-state index contributed by atoms with van der Waals surface area (Å²) in [6, 6.07) is -0.576. The molecular formula is C19H33NO5Si. The number of carbonyl (C=O) groups is 3. The second-order valence-corrected chi connectivity index (χ2v) is 13.4. The van der Waals surface area contributed by atoms with Gasteiger partial charge in [0.05, 0.1) is 12.0 Å². The van der Waals surface area contributed by atoms with Gasteiger partial charge in [-0.05, 0) is 38.4 Å². The van der Waals surface area contributed by atoms with Crippen molar-refractivity contribution in [1.82, 2.24) is 5.32 Å². The molecule has 0 aliphatic carbocycles. The number of carbonyl (C=O) groups excluding carboxylic acids is 3. The highest BCUT2D eigenvalue weighted by molar-refractivity contribution is 6.74. The zero-order valence-electron chi connectivity index (χ0n) is 17.1. The second-order valence-electron chi connectivity index (χ2n) is 8.64. The minimum Gasteiger partial charge on any atom is -0.461 e. The fourth-order valence-electron chi connectivity index (χ4n) is 2.69. The van der Waals surface area contributed by atoms with Crippen LogP contribution < -0.4 is 5.32 Å². The Bertz CT molecular complexity index is 581. The first kappa shape index (κ1) is 22.6. The van der Waals surface area contributed by atoms with Gasteiger partial charge in [0.2, 0.25) is 5.91 Å². The molecule has 0 aromatic heterocycles. The maximum Gasteiger partial charge on any atom is 0.321 e. The van der Waals surface area contributed by atoms with Crippen molar-refractivity contribution in [3.63, 3.8) is 0 Å². The minimum atomic E-state index is -1.91. The number of β-lactam (4-membered cyclic amide) rings is 1. The molecule has 1 saturated heterocycles. The Kier molecular flexibility index (Phi) is 6.98.